The van der Waals surface area contributed by atoms with Gasteiger partial charge in [-0.2, -0.15) is 5.10 Å². The highest BCUT2D eigenvalue weighted by molar-refractivity contribution is 6.04. The number of aromatic carboxylic acids is 1. The van der Waals surface area contributed by atoms with Gasteiger partial charge in [-0.25, -0.2) is 4.79 Å². The van der Waals surface area contributed by atoms with Crippen LogP contribution in [0.3, 0.4) is 0 Å². The molecule has 0 fully saturated rings. The molecule has 92 valence electrons. The van der Waals surface area contributed by atoms with Gasteiger partial charge < -0.3 is 15.5 Å². The molecule has 0 aliphatic heterocycles. The normalized spacial score (nSPS) is 11.9. The summed E-state index contributed by atoms with van der Waals surface area (Å²) in [6.45, 7) is 1.27. The first kappa shape index (κ1) is 12.7. The zero-order chi connectivity index (χ0) is 13.2. The van der Waals surface area contributed by atoms with Gasteiger partial charge in [0.15, 0.2) is 0 Å². The van der Waals surface area contributed by atoms with Crippen LogP contribution in [0.2, 0.25) is 0 Å². The van der Waals surface area contributed by atoms with Crippen molar-refractivity contribution in [2.45, 2.75) is 13.0 Å². The van der Waals surface area contributed by atoms with Gasteiger partial charge >= 0.3 is 11.9 Å². The van der Waals surface area contributed by atoms with E-state index in [1.54, 1.807) is 0 Å². The van der Waals surface area contributed by atoms with Gasteiger partial charge in [-0.15, -0.1) is 0 Å². The molecule has 8 heteroatoms. The molecule has 0 saturated heterocycles. The van der Waals surface area contributed by atoms with Gasteiger partial charge in [-0.3, -0.25) is 14.3 Å². The van der Waals surface area contributed by atoms with Gasteiger partial charge in [0, 0.05) is 7.05 Å². The van der Waals surface area contributed by atoms with Gasteiger partial charge in [-0.05, 0) is 6.92 Å². The molecule has 17 heavy (non-hydrogen) atoms. The van der Waals surface area contributed by atoms with E-state index in [0.29, 0.717) is 0 Å². The molecule has 0 spiro atoms. The summed E-state index contributed by atoms with van der Waals surface area (Å²) < 4.78 is 1.08. The Morgan fingerprint density at radius 3 is 2.47 bits per heavy atom. The van der Waals surface area contributed by atoms with Crippen LogP contribution < -0.4 is 5.32 Å². The number of carbonyl (C=O) groups is 3. The van der Waals surface area contributed by atoms with Gasteiger partial charge in [-0.1, -0.05) is 0 Å². The van der Waals surface area contributed by atoms with Gasteiger partial charge in [0.25, 0.3) is 5.91 Å². The van der Waals surface area contributed by atoms with E-state index < -0.39 is 23.9 Å². The lowest BCUT2D eigenvalue weighted by Gasteiger charge is -2.09. The Bertz CT molecular complexity index is 479. The molecule has 1 atom stereocenters. The molecule has 3 N–H and O–H groups in total. The predicted molar refractivity (Wildman–Crippen MR) is 54.7 cm³/mol. The summed E-state index contributed by atoms with van der Waals surface area (Å²) in [6.07, 6.45) is 1.03. The van der Waals surface area contributed by atoms with Gasteiger partial charge in [0.1, 0.15) is 17.3 Å². The number of hydrogen-bond donors (Lipinski definition) is 3. The quantitative estimate of drug-likeness (QED) is 0.642. The summed E-state index contributed by atoms with van der Waals surface area (Å²) in [5, 5.41) is 23.2. The Kier molecular flexibility index (Phi) is 3.46. The van der Waals surface area contributed by atoms with E-state index in [4.69, 9.17) is 10.2 Å². The molecule has 1 amide bonds. The number of carbonyl (C=O) groups excluding carboxylic acids is 1. The maximum atomic E-state index is 11.7. The van der Waals surface area contributed by atoms with Crippen molar-refractivity contribution >= 4 is 17.8 Å². The number of rotatable bonds is 4. The van der Waals surface area contributed by atoms with Crippen LogP contribution in [0.1, 0.15) is 27.8 Å². The summed E-state index contributed by atoms with van der Waals surface area (Å²) in [4.78, 5) is 33.0. The van der Waals surface area contributed by atoms with Crippen LogP contribution in [-0.4, -0.2) is 43.9 Å². The largest absolute Gasteiger partial charge is 0.480 e. The van der Waals surface area contributed by atoms with Crippen LogP contribution in [0.4, 0.5) is 0 Å². The number of amides is 1. The molecular formula is C9H11N3O5. The molecule has 0 saturated carbocycles. The number of carboxylic acids is 2. The summed E-state index contributed by atoms with van der Waals surface area (Å²) >= 11 is 0. The molecule has 0 unspecified atom stereocenters. The zero-order valence-corrected chi connectivity index (χ0v) is 9.17. The number of nitrogens with one attached hydrogen (secondary N) is 1. The lowest BCUT2D eigenvalue weighted by atomic mass is 10.2. The molecule has 0 aliphatic rings. The third kappa shape index (κ3) is 2.60. The van der Waals surface area contributed by atoms with E-state index in [2.05, 4.69) is 10.4 Å². The predicted octanol–water partition coefficient (Wildman–Crippen LogP) is -0.679. The summed E-state index contributed by atoms with van der Waals surface area (Å²) in [7, 11) is 1.40. The molecule has 1 rings (SSSR count). The average molecular weight is 241 g/mol. The Balaban J connectivity index is 3.00. The SMILES string of the molecule is C[C@@H](NC(=O)c1c(C(=O)O)cnn1C)C(=O)O. The summed E-state index contributed by atoms with van der Waals surface area (Å²) in [5.74, 6) is -3.30. The van der Waals surface area contributed by atoms with Crippen molar-refractivity contribution in [1.82, 2.24) is 15.1 Å². The van der Waals surface area contributed by atoms with E-state index in [9.17, 15) is 14.4 Å². The van der Waals surface area contributed by atoms with Crippen LogP contribution in [0.15, 0.2) is 6.20 Å². The number of aryl methyl sites for hydroxylation is 1. The monoisotopic (exact) mass is 241 g/mol. The summed E-state index contributed by atoms with van der Waals surface area (Å²) in [6, 6.07) is -1.11. The smallest absolute Gasteiger partial charge is 0.339 e. The molecule has 1 aromatic rings. The fourth-order valence-corrected chi connectivity index (χ4v) is 1.19. The molecule has 0 bridgehead atoms. The minimum absolute atomic E-state index is 0.189. The van der Waals surface area contributed by atoms with Crippen LogP contribution in [0.5, 0.6) is 0 Å². The Labute approximate surface area is 95.9 Å². The molecule has 0 radical (unpaired) electrons. The molecular weight excluding hydrogens is 230 g/mol. The van der Waals surface area contributed by atoms with Crippen molar-refractivity contribution in [3.63, 3.8) is 0 Å². The second-order valence-electron chi connectivity index (χ2n) is 3.37. The van der Waals surface area contributed by atoms with Gasteiger partial charge in [0.05, 0.1) is 6.20 Å². The highest BCUT2D eigenvalue weighted by atomic mass is 16.4. The van der Waals surface area contributed by atoms with Crippen molar-refractivity contribution in [2.24, 2.45) is 7.05 Å². The first-order chi connectivity index (χ1) is 7.84. The molecule has 8 nitrogen and oxygen atoms in total. The van der Waals surface area contributed by atoms with Crippen LogP contribution in [0.25, 0.3) is 0 Å². The second-order valence-corrected chi connectivity index (χ2v) is 3.37. The third-order valence-corrected chi connectivity index (χ3v) is 2.10. The lowest BCUT2D eigenvalue weighted by Crippen LogP contribution is -2.39. The van der Waals surface area contributed by atoms with E-state index in [1.807, 2.05) is 0 Å². The fraction of sp³-hybridized carbons (Fsp3) is 0.333. The topological polar surface area (TPSA) is 122 Å². The average Bonchev–Trinajstić information content (AvgIpc) is 2.59. The number of aliphatic carboxylic acids is 1. The Morgan fingerprint density at radius 2 is 2.00 bits per heavy atom. The second kappa shape index (κ2) is 4.64. The van der Waals surface area contributed by atoms with Crippen molar-refractivity contribution in [3.8, 4) is 0 Å². The molecule has 1 aromatic heterocycles. The highest BCUT2D eigenvalue weighted by Gasteiger charge is 2.24. The van der Waals surface area contributed by atoms with Crippen molar-refractivity contribution < 1.29 is 24.6 Å². The first-order valence-corrected chi connectivity index (χ1v) is 4.63. The summed E-state index contributed by atoms with van der Waals surface area (Å²) in [5.41, 5.74) is -0.465. The Morgan fingerprint density at radius 1 is 1.41 bits per heavy atom. The lowest BCUT2D eigenvalue weighted by molar-refractivity contribution is -0.138. The fourth-order valence-electron chi connectivity index (χ4n) is 1.19. The van der Waals surface area contributed by atoms with Gasteiger partial charge in [0.2, 0.25) is 0 Å². The molecule has 0 aliphatic carbocycles. The van der Waals surface area contributed by atoms with Crippen LogP contribution >= 0.6 is 0 Å². The number of hydrogen-bond acceptors (Lipinski definition) is 4. The first-order valence-electron chi connectivity index (χ1n) is 4.63. The minimum Gasteiger partial charge on any atom is -0.480 e. The maximum Gasteiger partial charge on any atom is 0.339 e. The molecule has 1 heterocycles. The number of carboxylic acid groups (broad SMARTS) is 2. The number of nitrogens with zero attached hydrogens (tertiary/aromatic N) is 2. The van der Waals surface area contributed by atoms with E-state index in [0.717, 1.165) is 10.9 Å². The van der Waals surface area contributed by atoms with Crippen LogP contribution in [0, 0.1) is 0 Å². The van der Waals surface area contributed by atoms with E-state index >= 15 is 0 Å². The standard InChI is InChI=1S/C9H11N3O5/c1-4(8(14)15)11-7(13)6-5(9(16)17)3-10-12(6)2/h3-4H,1-2H3,(H,11,13)(H,14,15)(H,16,17)/t4-/m1/s1. The Hall–Kier alpha value is -2.38. The van der Waals surface area contributed by atoms with E-state index in [-0.39, 0.29) is 11.3 Å². The number of aromatic nitrogens is 2. The maximum absolute atomic E-state index is 11.7. The van der Waals surface area contributed by atoms with Crippen molar-refractivity contribution in [2.75, 3.05) is 0 Å². The van der Waals surface area contributed by atoms with E-state index in [1.165, 1.54) is 14.0 Å². The van der Waals surface area contributed by atoms with Crippen molar-refractivity contribution in [3.05, 3.63) is 17.5 Å². The zero-order valence-electron chi connectivity index (χ0n) is 9.17. The van der Waals surface area contributed by atoms with Crippen LogP contribution in [-0.2, 0) is 11.8 Å². The molecule has 0 aromatic carbocycles. The highest BCUT2D eigenvalue weighted by Crippen LogP contribution is 2.07. The minimum atomic E-state index is -1.30. The third-order valence-electron chi connectivity index (χ3n) is 2.10. The van der Waals surface area contributed by atoms with Crippen molar-refractivity contribution in [1.29, 1.82) is 0 Å².